The Morgan fingerprint density at radius 2 is 1.85 bits per heavy atom. The van der Waals surface area contributed by atoms with Gasteiger partial charge in [-0.1, -0.05) is 60.3 Å². The average Bonchev–Trinajstić information content (AvgIpc) is 3.63. The Morgan fingerprint density at radius 1 is 1.09 bits per heavy atom. The van der Waals surface area contributed by atoms with Gasteiger partial charge in [0.2, 0.25) is 5.91 Å². The maximum atomic E-state index is 12.9. The second kappa shape index (κ2) is 9.95. The minimum absolute atomic E-state index is 0.173. The van der Waals surface area contributed by atoms with E-state index < -0.39 is 5.97 Å². The van der Waals surface area contributed by atoms with Crippen LogP contribution in [0.15, 0.2) is 65.0 Å². The minimum Gasteiger partial charge on any atom is -0.462 e. The molecule has 2 heterocycles. The number of ether oxygens (including phenoxy) is 1. The van der Waals surface area contributed by atoms with Gasteiger partial charge in [-0.25, -0.2) is 14.8 Å². The Kier molecular flexibility index (Phi) is 6.60. The lowest BCUT2D eigenvalue weighted by molar-refractivity contribution is -0.113. The number of thioether (sulfide) groups is 1. The number of rotatable bonds is 8. The number of carbonyl (C=O) groups excluding carboxylic acids is 2. The van der Waals surface area contributed by atoms with Gasteiger partial charge >= 0.3 is 5.97 Å². The molecule has 0 spiro atoms. The lowest BCUT2D eigenvalue weighted by Gasteiger charge is -2.10. The summed E-state index contributed by atoms with van der Waals surface area (Å²) in [6.07, 6.45) is 2.23. The molecule has 4 aromatic rings. The zero-order chi connectivity index (χ0) is 23.5. The fraction of sp³-hybridized carbons (Fsp3) is 0.231. The van der Waals surface area contributed by atoms with E-state index in [0.29, 0.717) is 16.5 Å². The number of hydrogen-bond acceptors (Lipinski definition) is 7. The first-order chi connectivity index (χ1) is 16.6. The van der Waals surface area contributed by atoms with Crippen LogP contribution in [-0.4, -0.2) is 34.2 Å². The van der Waals surface area contributed by atoms with Gasteiger partial charge in [-0.05, 0) is 31.4 Å². The molecule has 172 valence electrons. The Hall–Kier alpha value is -3.23. The SMILES string of the molecule is CCOC(=O)c1c(-c2ccccc2)csc1NC(=O)CSc1nc(C2CC2)nc2ccccc12. The second-order valence-electron chi connectivity index (χ2n) is 7.96. The third-order valence-corrected chi connectivity index (χ3v) is 7.36. The third kappa shape index (κ3) is 4.83. The predicted octanol–water partition coefficient (Wildman–Crippen LogP) is 6.14. The fourth-order valence-electron chi connectivity index (χ4n) is 3.68. The molecule has 5 rings (SSSR count). The highest BCUT2D eigenvalue weighted by Gasteiger charge is 2.28. The fourth-order valence-corrected chi connectivity index (χ4v) is 5.48. The average molecular weight is 490 g/mol. The number of amides is 1. The van der Waals surface area contributed by atoms with Crippen LogP contribution in [-0.2, 0) is 9.53 Å². The molecule has 0 bridgehead atoms. The zero-order valence-corrected chi connectivity index (χ0v) is 20.2. The molecule has 0 unspecified atom stereocenters. The first-order valence-corrected chi connectivity index (χ1v) is 13.0. The molecule has 0 radical (unpaired) electrons. The number of esters is 1. The van der Waals surface area contributed by atoms with Crippen molar-refractivity contribution in [2.45, 2.75) is 30.7 Å². The number of anilines is 1. The van der Waals surface area contributed by atoms with Crippen molar-refractivity contribution in [3.05, 3.63) is 71.4 Å². The number of para-hydroxylation sites is 1. The molecular weight excluding hydrogens is 466 g/mol. The van der Waals surface area contributed by atoms with E-state index in [1.54, 1.807) is 6.92 Å². The summed E-state index contributed by atoms with van der Waals surface area (Å²) < 4.78 is 5.28. The third-order valence-electron chi connectivity index (χ3n) is 5.48. The maximum Gasteiger partial charge on any atom is 0.341 e. The number of benzene rings is 2. The van der Waals surface area contributed by atoms with E-state index in [4.69, 9.17) is 14.7 Å². The van der Waals surface area contributed by atoms with Crippen LogP contribution in [0.5, 0.6) is 0 Å². The van der Waals surface area contributed by atoms with Gasteiger partial charge in [0.1, 0.15) is 21.4 Å². The summed E-state index contributed by atoms with van der Waals surface area (Å²) in [6.45, 7) is 2.03. The monoisotopic (exact) mass is 489 g/mol. The number of carbonyl (C=O) groups is 2. The smallest absolute Gasteiger partial charge is 0.341 e. The summed E-state index contributed by atoms with van der Waals surface area (Å²) in [5.41, 5.74) is 2.94. The number of nitrogens with zero attached hydrogens (tertiary/aromatic N) is 2. The lowest BCUT2D eigenvalue weighted by Crippen LogP contribution is -2.16. The van der Waals surface area contributed by atoms with Crippen LogP contribution in [0.3, 0.4) is 0 Å². The molecule has 1 aliphatic rings. The van der Waals surface area contributed by atoms with Gasteiger partial charge in [-0.3, -0.25) is 4.79 Å². The first kappa shape index (κ1) is 22.6. The molecule has 0 saturated heterocycles. The van der Waals surface area contributed by atoms with E-state index in [9.17, 15) is 9.59 Å². The molecule has 1 fully saturated rings. The molecule has 34 heavy (non-hydrogen) atoms. The molecule has 2 aromatic carbocycles. The van der Waals surface area contributed by atoms with Crippen molar-refractivity contribution >= 4 is 50.9 Å². The maximum absolute atomic E-state index is 12.9. The van der Waals surface area contributed by atoms with E-state index in [2.05, 4.69) is 5.32 Å². The molecule has 6 nitrogen and oxygen atoms in total. The number of hydrogen-bond donors (Lipinski definition) is 1. The summed E-state index contributed by atoms with van der Waals surface area (Å²) in [5.74, 6) is 0.810. The summed E-state index contributed by atoms with van der Waals surface area (Å²) in [6, 6.07) is 17.5. The summed E-state index contributed by atoms with van der Waals surface area (Å²) in [4.78, 5) is 35.1. The van der Waals surface area contributed by atoms with Crippen LogP contribution in [0, 0.1) is 0 Å². The van der Waals surface area contributed by atoms with Crippen molar-refractivity contribution in [2.24, 2.45) is 0 Å². The molecule has 1 N–H and O–H groups in total. The van der Waals surface area contributed by atoms with E-state index in [0.717, 1.165) is 45.7 Å². The molecular formula is C26H23N3O3S2. The zero-order valence-electron chi connectivity index (χ0n) is 18.6. The van der Waals surface area contributed by atoms with Crippen molar-refractivity contribution in [3.8, 4) is 11.1 Å². The summed E-state index contributed by atoms with van der Waals surface area (Å²) in [5, 5.41) is 7.05. The molecule has 1 saturated carbocycles. The van der Waals surface area contributed by atoms with Crippen molar-refractivity contribution < 1.29 is 14.3 Å². The van der Waals surface area contributed by atoms with Crippen LogP contribution in [0.4, 0.5) is 5.00 Å². The summed E-state index contributed by atoms with van der Waals surface area (Å²) >= 11 is 2.71. The molecule has 1 aliphatic carbocycles. The molecule has 0 atom stereocenters. The highest BCUT2D eigenvalue weighted by atomic mass is 32.2. The van der Waals surface area contributed by atoms with Gasteiger partial charge < -0.3 is 10.1 Å². The predicted molar refractivity (Wildman–Crippen MR) is 137 cm³/mol. The van der Waals surface area contributed by atoms with Gasteiger partial charge in [0.05, 0.1) is 17.9 Å². The molecule has 0 aliphatic heterocycles. The topological polar surface area (TPSA) is 81.2 Å². The van der Waals surface area contributed by atoms with Crippen LogP contribution in [0.1, 0.15) is 41.9 Å². The van der Waals surface area contributed by atoms with Crippen LogP contribution >= 0.6 is 23.1 Å². The van der Waals surface area contributed by atoms with Crippen molar-refractivity contribution in [1.82, 2.24) is 9.97 Å². The van der Waals surface area contributed by atoms with E-state index in [1.807, 2.05) is 60.0 Å². The normalized spacial score (nSPS) is 13.1. The van der Waals surface area contributed by atoms with Gasteiger partial charge in [0.15, 0.2) is 0 Å². The minimum atomic E-state index is -0.443. The number of aromatic nitrogens is 2. The van der Waals surface area contributed by atoms with Crippen molar-refractivity contribution in [3.63, 3.8) is 0 Å². The number of fused-ring (bicyclic) bond motifs is 1. The highest BCUT2D eigenvalue weighted by Crippen LogP contribution is 2.40. The van der Waals surface area contributed by atoms with E-state index >= 15 is 0 Å². The van der Waals surface area contributed by atoms with Gasteiger partial charge in [0.25, 0.3) is 0 Å². The highest BCUT2D eigenvalue weighted by molar-refractivity contribution is 8.00. The number of nitrogens with one attached hydrogen (secondary N) is 1. The van der Waals surface area contributed by atoms with Crippen molar-refractivity contribution in [2.75, 3.05) is 17.7 Å². The van der Waals surface area contributed by atoms with Crippen LogP contribution in [0.25, 0.3) is 22.0 Å². The Morgan fingerprint density at radius 3 is 2.62 bits per heavy atom. The standard InChI is InChI=1S/C26H23N3O3S2/c1-2-32-26(31)22-19(16-8-4-3-5-9-16)14-33-25(22)28-21(30)15-34-24-18-10-6-7-11-20(18)27-23(29-24)17-12-13-17/h3-11,14,17H,2,12-13,15H2,1H3,(H,28,30). The second-order valence-corrected chi connectivity index (χ2v) is 9.80. The van der Waals surface area contributed by atoms with Gasteiger partial charge in [0, 0.05) is 22.2 Å². The van der Waals surface area contributed by atoms with Gasteiger partial charge in [-0.15, -0.1) is 11.3 Å². The lowest BCUT2D eigenvalue weighted by atomic mass is 10.0. The molecule has 2 aromatic heterocycles. The molecule has 1 amide bonds. The first-order valence-electron chi connectivity index (χ1n) is 11.2. The quantitative estimate of drug-likeness (QED) is 0.182. The van der Waals surface area contributed by atoms with Crippen LogP contribution < -0.4 is 5.32 Å². The van der Waals surface area contributed by atoms with E-state index in [1.165, 1.54) is 23.1 Å². The van der Waals surface area contributed by atoms with Crippen molar-refractivity contribution in [1.29, 1.82) is 0 Å². The van der Waals surface area contributed by atoms with Crippen LogP contribution in [0.2, 0.25) is 0 Å². The Labute approximate surface area is 205 Å². The Bertz CT molecular complexity index is 1350. The van der Waals surface area contributed by atoms with E-state index in [-0.39, 0.29) is 18.3 Å². The molecule has 8 heteroatoms. The number of thiophene rings is 1. The Balaban J connectivity index is 1.36. The largest absolute Gasteiger partial charge is 0.462 e. The summed E-state index contributed by atoms with van der Waals surface area (Å²) in [7, 11) is 0. The van der Waals surface area contributed by atoms with Gasteiger partial charge in [-0.2, -0.15) is 0 Å².